The van der Waals surface area contributed by atoms with E-state index < -0.39 is 20.7 Å². The Hall–Kier alpha value is -1.47. The Bertz CT molecular complexity index is 468. The fourth-order valence-corrected chi connectivity index (χ4v) is 1.90. The van der Waals surface area contributed by atoms with Gasteiger partial charge in [-0.15, -0.1) is 0 Å². The molecule has 0 aliphatic heterocycles. The first-order chi connectivity index (χ1) is 6.91. The summed E-state index contributed by atoms with van der Waals surface area (Å²) < 4.78 is 40.4. The minimum Gasteiger partial charge on any atom is -0.495 e. The molecule has 1 rings (SSSR count). The molecule has 6 nitrogen and oxygen atoms in total. The molecule has 7 heteroatoms. The van der Waals surface area contributed by atoms with Gasteiger partial charge in [-0.2, -0.15) is 8.42 Å². The van der Waals surface area contributed by atoms with Gasteiger partial charge in [0.25, 0.3) is 0 Å². The van der Waals surface area contributed by atoms with E-state index in [-0.39, 0.29) is 11.5 Å². The predicted octanol–water partition coefficient (Wildman–Crippen LogP) is 0.865. The molecular weight excluding hydrogens is 222 g/mol. The molecule has 0 bridgehead atoms. The highest BCUT2D eigenvalue weighted by Gasteiger charge is 2.23. The number of rotatable bonds is 3. The van der Waals surface area contributed by atoms with Crippen LogP contribution in [-0.4, -0.2) is 27.2 Å². The molecule has 0 amide bonds. The van der Waals surface area contributed by atoms with Crippen molar-refractivity contribution < 1.29 is 22.4 Å². The zero-order valence-corrected chi connectivity index (χ0v) is 8.96. The maximum absolute atomic E-state index is 11.0. The van der Waals surface area contributed by atoms with Crippen molar-refractivity contribution in [2.45, 2.75) is 4.90 Å². The van der Waals surface area contributed by atoms with Crippen LogP contribution in [0.4, 0.5) is 5.69 Å². The third-order valence-electron chi connectivity index (χ3n) is 1.78. The average Bonchev–Trinajstić information content (AvgIpc) is 2.15. The van der Waals surface area contributed by atoms with Crippen molar-refractivity contribution in [1.29, 1.82) is 0 Å². The van der Waals surface area contributed by atoms with Gasteiger partial charge in [0, 0.05) is 0 Å². The summed E-state index contributed by atoms with van der Waals surface area (Å²) >= 11 is 0. The monoisotopic (exact) mass is 232 g/mol. The minimum absolute atomic E-state index is 0.0448. The summed E-state index contributed by atoms with van der Waals surface area (Å²) in [6.07, 6.45) is 0. The molecule has 0 fully saturated rings. The van der Waals surface area contributed by atoms with E-state index in [2.05, 4.69) is 0 Å². The Labute approximate surface area is 87.4 Å². The molecule has 0 aliphatic carbocycles. The number of hydrogen-bond acceptors (Lipinski definition) is 4. The Morgan fingerprint density at radius 3 is 2.07 bits per heavy atom. The number of hydrogen-bond donors (Lipinski definition) is 1. The first kappa shape index (κ1) is 11.6. The van der Waals surface area contributed by atoms with Gasteiger partial charge in [0.05, 0.1) is 14.2 Å². The predicted molar refractivity (Wildman–Crippen MR) is 52.1 cm³/mol. The van der Waals surface area contributed by atoms with Gasteiger partial charge in [-0.25, -0.2) is 0 Å². The maximum Gasteiger partial charge on any atom is 0.300 e. The van der Waals surface area contributed by atoms with Crippen molar-refractivity contribution in [3.8, 4) is 11.5 Å². The molecule has 0 unspecified atom stereocenters. The van der Waals surface area contributed by atoms with E-state index in [4.69, 9.17) is 19.8 Å². The van der Waals surface area contributed by atoms with Crippen molar-refractivity contribution in [1.82, 2.24) is 5.73 Å². The fraction of sp³-hybridized carbons (Fsp3) is 0.250. The van der Waals surface area contributed by atoms with Crippen LogP contribution >= 0.6 is 0 Å². The quantitative estimate of drug-likeness (QED) is 0.780. The SMILES string of the molecule is COc1ccc(OC)c(S(=O)(=O)O)c1[NH]. The highest BCUT2D eigenvalue weighted by Crippen LogP contribution is 2.37. The van der Waals surface area contributed by atoms with E-state index in [0.29, 0.717) is 0 Å². The summed E-state index contributed by atoms with van der Waals surface area (Å²) in [6.45, 7) is 0. The Kier molecular flexibility index (Phi) is 3.06. The standard InChI is InChI=1S/C8H10NO5S/c1-13-5-3-4-6(14-2)8(7(5)9)15(10,11)12/h3-4,9H,1-2H3,(H,10,11,12). The van der Waals surface area contributed by atoms with E-state index in [1.54, 1.807) is 0 Å². The molecule has 0 heterocycles. The van der Waals surface area contributed by atoms with E-state index in [1.165, 1.54) is 26.4 Å². The van der Waals surface area contributed by atoms with Crippen LogP contribution in [0, 0.1) is 0 Å². The van der Waals surface area contributed by atoms with Gasteiger partial charge in [0.2, 0.25) is 0 Å². The summed E-state index contributed by atoms with van der Waals surface area (Å²) in [5, 5.41) is 0. The van der Waals surface area contributed by atoms with Crippen LogP contribution in [-0.2, 0) is 10.1 Å². The third kappa shape index (κ3) is 2.13. The van der Waals surface area contributed by atoms with E-state index in [0.717, 1.165) is 0 Å². The Balaban J connectivity index is 3.58. The van der Waals surface area contributed by atoms with Gasteiger partial charge in [0.1, 0.15) is 17.2 Å². The van der Waals surface area contributed by atoms with Gasteiger partial charge in [-0.3, -0.25) is 10.3 Å². The summed E-state index contributed by atoms with van der Waals surface area (Å²) in [7, 11) is -1.96. The van der Waals surface area contributed by atoms with E-state index in [9.17, 15) is 8.42 Å². The Morgan fingerprint density at radius 2 is 1.67 bits per heavy atom. The lowest BCUT2D eigenvalue weighted by Gasteiger charge is -2.10. The second-order valence-electron chi connectivity index (χ2n) is 2.65. The summed E-state index contributed by atoms with van der Waals surface area (Å²) in [5.41, 5.74) is 7.07. The summed E-state index contributed by atoms with van der Waals surface area (Å²) in [4.78, 5) is -0.593. The molecule has 83 valence electrons. The van der Waals surface area contributed by atoms with Crippen LogP contribution in [0.2, 0.25) is 0 Å². The molecule has 1 aromatic carbocycles. The van der Waals surface area contributed by atoms with Gasteiger partial charge < -0.3 is 9.47 Å². The van der Waals surface area contributed by atoms with Crippen LogP contribution in [0.5, 0.6) is 11.5 Å². The first-order valence-electron chi connectivity index (χ1n) is 3.86. The lowest BCUT2D eigenvalue weighted by atomic mass is 10.3. The van der Waals surface area contributed by atoms with Gasteiger partial charge in [-0.05, 0) is 12.1 Å². The molecule has 2 N–H and O–H groups in total. The lowest BCUT2D eigenvalue weighted by molar-refractivity contribution is 0.389. The zero-order chi connectivity index (χ0) is 11.6. The third-order valence-corrected chi connectivity index (χ3v) is 2.70. The molecule has 15 heavy (non-hydrogen) atoms. The molecule has 1 aromatic rings. The van der Waals surface area contributed by atoms with Crippen LogP contribution in [0.25, 0.3) is 0 Å². The number of ether oxygens (including phenoxy) is 2. The topological polar surface area (TPSA) is 96.6 Å². The normalized spacial score (nSPS) is 11.1. The van der Waals surface area contributed by atoms with Gasteiger partial charge in [0.15, 0.2) is 4.90 Å². The lowest BCUT2D eigenvalue weighted by Crippen LogP contribution is -2.04. The second kappa shape index (κ2) is 3.95. The van der Waals surface area contributed by atoms with Gasteiger partial charge in [-0.1, -0.05) is 0 Å². The van der Waals surface area contributed by atoms with Crippen molar-refractivity contribution in [2.75, 3.05) is 14.2 Å². The zero-order valence-electron chi connectivity index (χ0n) is 8.14. The van der Waals surface area contributed by atoms with Crippen molar-refractivity contribution in [3.63, 3.8) is 0 Å². The fourth-order valence-electron chi connectivity index (χ4n) is 1.13. The second-order valence-corrected chi connectivity index (χ2v) is 4.01. The van der Waals surface area contributed by atoms with Crippen molar-refractivity contribution in [3.05, 3.63) is 12.1 Å². The Morgan fingerprint density at radius 1 is 1.20 bits per heavy atom. The minimum atomic E-state index is -4.50. The van der Waals surface area contributed by atoms with Crippen LogP contribution in [0.15, 0.2) is 17.0 Å². The summed E-state index contributed by atoms with van der Waals surface area (Å²) in [5.74, 6) is -0.0493. The molecule has 0 aromatic heterocycles. The molecule has 0 saturated heterocycles. The molecule has 0 saturated carbocycles. The molecule has 0 aliphatic rings. The smallest absolute Gasteiger partial charge is 0.300 e. The first-order valence-corrected chi connectivity index (χ1v) is 5.30. The number of methoxy groups -OCH3 is 2. The molecular formula is C8H10NO5S. The van der Waals surface area contributed by atoms with Crippen molar-refractivity contribution in [2.24, 2.45) is 0 Å². The highest BCUT2D eigenvalue weighted by atomic mass is 32.2. The van der Waals surface area contributed by atoms with Crippen LogP contribution < -0.4 is 15.2 Å². The molecule has 0 atom stereocenters. The molecule has 1 radical (unpaired) electrons. The highest BCUT2D eigenvalue weighted by molar-refractivity contribution is 7.86. The number of benzene rings is 1. The average molecular weight is 232 g/mol. The van der Waals surface area contributed by atoms with E-state index in [1.807, 2.05) is 0 Å². The number of nitrogens with one attached hydrogen (secondary N) is 1. The molecule has 0 spiro atoms. The van der Waals surface area contributed by atoms with Crippen LogP contribution in [0.3, 0.4) is 0 Å². The maximum atomic E-state index is 11.0. The van der Waals surface area contributed by atoms with Gasteiger partial charge >= 0.3 is 10.1 Å². The summed E-state index contributed by atoms with van der Waals surface area (Å²) in [6, 6.07) is 2.69. The van der Waals surface area contributed by atoms with Crippen molar-refractivity contribution >= 4 is 15.8 Å². The largest absolute Gasteiger partial charge is 0.495 e. The van der Waals surface area contributed by atoms with E-state index >= 15 is 0 Å². The van der Waals surface area contributed by atoms with Crippen LogP contribution in [0.1, 0.15) is 0 Å².